The molecule has 1 aliphatic rings. The number of nitrogens with zero attached hydrogens (tertiary/aromatic N) is 3. The number of amides is 1. The Kier molecular flexibility index (Phi) is 8.93. The fourth-order valence-electron chi connectivity index (χ4n) is 3.43. The van der Waals surface area contributed by atoms with Crippen LogP contribution >= 0.6 is 11.8 Å². The fourth-order valence-corrected chi connectivity index (χ4v) is 3.75. The summed E-state index contributed by atoms with van der Waals surface area (Å²) >= 11 is 1.54. The van der Waals surface area contributed by atoms with Gasteiger partial charge in [0.25, 0.3) is 5.91 Å². The molecule has 2 heterocycles. The maximum Gasteiger partial charge on any atom is 0.255 e. The third-order valence-electron chi connectivity index (χ3n) is 5.12. The molecule has 2 aromatic rings. The van der Waals surface area contributed by atoms with E-state index in [0.717, 1.165) is 43.2 Å². The van der Waals surface area contributed by atoms with Gasteiger partial charge in [-0.3, -0.25) is 9.69 Å². The second kappa shape index (κ2) is 11.9. The van der Waals surface area contributed by atoms with Crippen molar-refractivity contribution in [3.05, 3.63) is 41.7 Å². The highest BCUT2D eigenvalue weighted by Crippen LogP contribution is 2.28. The number of piperidine rings is 1. The maximum absolute atomic E-state index is 12.6. The van der Waals surface area contributed by atoms with Gasteiger partial charge in [-0.2, -0.15) is 0 Å². The van der Waals surface area contributed by atoms with E-state index in [1.807, 2.05) is 18.6 Å². The SMILES string of the molecule is COCCNC(=O)c1ccc(OC)cc1OC1CCN(Cc2cnc(SC)nc2)CC1. The average Bonchev–Trinajstić information content (AvgIpc) is 2.81. The van der Waals surface area contributed by atoms with E-state index in [-0.39, 0.29) is 12.0 Å². The zero-order valence-electron chi connectivity index (χ0n) is 18.3. The van der Waals surface area contributed by atoms with Gasteiger partial charge in [0.15, 0.2) is 5.16 Å². The molecule has 0 spiro atoms. The van der Waals surface area contributed by atoms with Gasteiger partial charge in [0.2, 0.25) is 0 Å². The topological polar surface area (TPSA) is 85.8 Å². The standard InChI is InChI=1S/C22H30N4O4S/c1-28-11-8-23-21(27)19-5-4-18(29-2)12-20(19)30-17-6-9-26(10-7-17)15-16-13-24-22(31-3)25-14-16/h4-5,12-14,17H,6-11,15H2,1-3H3,(H,23,27). The van der Waals surface area contributed by atoms with Crippen molar-refractivity contribution in [1.82, 2.24) is 20.2 Å². The molecule has 0 aliphatic carbocycles. The lowest BCUT2D eigenvalue weighted by Crippen LogP contribution is -2.38. The number of thioether (sulfide) groups is 1. The third-order valence-corrected chi connectivity index (χ3v) is 5.70. The lowest BCUT2D eigenvalue weighted by atomic mass is 10.1. The fraction of sp³-hybridized carbons (Fsp3) is 0.500. The Morgan fingerprint density at radius 3 is 2.61 bits per heavy atom. The molecule has 1 saturated heterocycles. The molecular weight excluding hydrogens is 416 g/mol. The summed E-state index contributed by atoms with van der Waals surface area (Å²) in [5.74, 6) is 1.03. The van der Waals surface area contributed by atoms with Crippen LogP contribution in [0.3, 0.4) is 0 Å². The molecule has 1 aromatic heterocycles. The lowest BCUT2D eigenvalue weighted by Gasteiger charge is -2.32. The minimum Gasteiger partial charge on any atom is -0.497 e. The summed E-state index contributed by atoms with van der Waals surface area (Å²) in [6.45, 7) is 3.55. The predicted molar refractivity (Wildman–Crippen MR) is 120 cm³/mol. The van der Waals surface area contributed by atoms with Gasteiger partial charge >= 0.3 is 0 Å². The number of likely N-dealkylation sites (tertiary alicyclic amines) is 1. The molecule has 0 radical (unpaired) electrons. The molecule has 168 valence electrons. The normalized spacial score (nSPS) is 14.9. The highest BCUT2D eigenvalue weighted by Gasteiger charge is 2.23. The molecule has 8 nitrogen and oxygen atoms in total. The van der Waals surface area contributed by atoms with E-state index in [9.17, 15) is 4.79 Å². The van der Waals surface area contributed by atoms with Crippen molar-refractivity contribution in [1.29, 1.82) is 0 Å². The van der Waals surface area contributed by atoms with Gasteiger partial charge in [-0.05, 0) is 31.2 Å². The number of hydrogen-bond acceptors (Lipinski definition) is 8. The number of benzene rings is 1. The molecular formula is C22H30N4O4S. The summed E-state index contributed by atoms with van der Waals surface area (Å²) in [6, 6.07) is 5.29. The van der Waals surface area contributed by atoms with Crippen molar-refractivity contribution in [2.45, 2.75) is 30.6 Å². The van der Waals surface area contributed by atoms with Gasteiger partial charge in [-0.25, -0.2) is 9.97 Å². The summed E-state index contributed by atoms with van der Waals surface area (Å²) in [4.78, 5) is 23.6. The number of carbonyl (C=O) groups excluding carboxylic acids is 1. The molecule has 1 amide bonds. The minimum absolute atomic E-state index is 0.0454. The lowest BCUT2D eigenvalue weighted by molar-refractivity contribution is 0.0881. The highest BCUT2D eigenvalue weighted by atomic mass is 32.2. The van der Waals surface area contributed by atoms with Crippen molar-refractivity contribution < 1.29 is 19.0 Å². The van der Waals surface area contributed by atoms with E-state index in [4.69, 9.17) is 14.2 Å². The van der Waals surface area contributed by atoms with E-state index in [2.05, 4.69) is 20.2 Å². The van der Waals surface area contributed by atoms with Crippen LogP contribution in [0.25, 0.3) is 0 Å². The Balaban J connectivity index is 1.57. The predicted octanol–water partition coefficient (Wildman–Crippen LogP) is 2.63. The van der Waals surface area contributed by atoms with Gasteiger partial charge in [0, 0.05) is 57.3 Å². The van der Waals surface area contributed by atoms with E-state index in [1.54, 1.807) is 32.4 Å². The van der Waals surface area contributed by atoms with Crippen molar-refractivity contribution in [3.8, 4) is 11.5 Å². The summed E-state index contributed by atoms with van der Waals surface area (Å²) in [6.07, 6.45) is 7.57. The third kappa shape index (κ3) is 6.81. The van der Waals surface area contributed by atoms with Gasteiger partial charge in [0.1, 0.15) is 17.6 Å². The Bertz CT molecular complexity index is 842. The van der Waals surface area contributed by atoms with Crippen LogP contribution in [-0.4, -0.2) is 73.6 Å². The van der Waals surface area contributed by atoms with Crippen molar-refractivity contribution in [3.63, 3.8) is 0 Å². The quantitative estimate of drug-likeness (QED) is 0.339. The van der Waals surface area contributed by atoms with Crippen molar-refractivity contribution in [2.75, 3.05) is 46.7 Å². The molecule has 1 aliphatic heterocycles. The molecule has 0 bridgehead atoms. The minimum atomic E-state index is -0.180. The van der Waals surface area contributed by atoms with Crippen LogP contribution in [0.5, 0.6) is 11.5 Å². The molecule has 0 saturated carbocycles. The second-order valence-electron chi connectivity index (χ2n) is 7.28. The largest absolute Gasteiger partial charge is 0.497 e. The van der Waals surface area contributed by atoms with E-state index >= 15 is 0 Å². The first-order valence-corrected chi connectivity index (χ1v) is 11.5. The first-order valence-electron chi connectivity index (χ1n) is 10.3. The van der Waals surface area contributed by atoms with Crippen LogP contribution in [0.1, 0.15) is 28.8 Å². The van der Waals surface area contributed by atoms with Gasteiger partial charge < -0.3 is 19.5 Å². The summed E-state index contributed by atoms with van der Waals surface area (Å²) in [7, 11) is 3.21. The van der Waals surface area contributed by atoms with Crippen LogP contribution in [0.15, 0.2) is 35.7 Å². The second-order valence-corrected chi connectivity index (χ2v) is 8.06. The maximum atomic E-state index is 12.6. The van der Waals surface area contributed by atoms with Crippen molar-refractivity contribution >= 4 is 17.7 Å². The first-order chi connectivity index (χ1) is 15.1. The first kappa shape index (κ1) is 23.3. The number of aromatic nitrogens is 2. The Morgan fingerprint density at radius 1 is 1.23 bits per heavy atom. The molecule has 0 unspecified atom stereocenters. The smallest absolute Gasteiger partial charge is 0.255 e. The monoisotopic (exact) mass is 446 g/mol. The molecule has 31 heavy (non-hydrogen) atoms. The summed E-state index contributed by atoms with van der Waals surface area (Å²) < 4.78 is 16.6. The van der Waals surface area contributed by atoms with Crippen LogP contribution in [0.2, 0.25) is 0 Å². The number of nitrogens with one attached hydrogen (secondary N) is 1. The van der Waals surface area contributed by atoms with Gasteiger partial charge in [-0.15, -0.1) is 0 Å². The van der Waals surface area contributed by atoms with E-state index in [1.165, 1.54) is 11.8 Å². The molecule has 9 heteroatoms. The number of rotatable bonds is 10. The van der Waals surface area contributed by atoms with E-state index in [0.29, 0.717) is 30.2 Å². The number of ether oxygens (including phenoxy) is 3. The number of methoxy groups -OCH3 is 2. The van der Waals surface area contributed by atoms with E-state index < -0.39 is 0 Å². The number of hydrogen-bond donors (Lipinski definition) is 1. The van der Waals surface area contributed by atoms with Crippen LogP contribution < -0.4 is 14.8 Å². The summed E-state index contributed by atoms with van der Waals surface area (Å²) in [5.41, 5.74) is 1.62. The molecule has 3 rings (SSSR count). The molecule has 1 aromatic carbocycles. The van der Waals surface area contributed by atoms with Crippen molar-refractivity contribution in [2.24, 2.45) is 0 Å². The van der Waals surface area contributed by atoms with Crippen LogP contribution in [0, 0.1) is 0 Å². The number of carbonyl (C=O) groups is 1. The zero-order valence-corrected chi connectivity index (χ0v) is 19.1. The highest BCUT2D eigenvalue weighted by molar-refractivity contribution is 7.98. The van der Waals surface area contributed by atoms with Crippen LogP contribution in [-0.2, 0) is 11.3 Å². The van der Waals surface area contributed by atoms with Gasteiger partial charge in [-0.1, -0.05) is 11.8 Å². The zero-order chi connectivity index (χ0) is 22.1. The molecule has 0 atom stereocenters. The average molecular weight is 447 g/mol. The van der Waals surface area contributed by atoms with Crippen LogP contribution in [0.4, 0.5) is 0 Å². The molecule has 1 N–H and O–H groups in total. The van der Waals surface area contributed by atoms with Gasteiger partial charge in [0.05, 0.1) is 19.3 Å². The Morgan fingerprint density at radius 2 is 1.97 bits per heavy atom. The summed E-state index contributed by atoms with van der Waals surface area (Å²) in [5, 5.41) is 3.64. The molecule has 1 fully saturated rings. The Hall–Kier alpha value is -2.36. The Labute approximate surface area is 187 Å².